The van der Waals surface area contributed by atoms with Gasteiger partial charge in [-0.3, -0.25) is 4.79 Å². The number of nitrogens with zero attached hydrogens (tertiary/aromatic N) is 7. The van der Waals surface area contributed by atoms with Crippen molar-refractivity contribution in [1.29, 1.82) is 0 Å². The monoisotopic (exact) mass is 506 g/mol. The number of hydrogen-bond donors (Lipinski definition) is 1. The first-order valence-electron chi connectivity index (χ1n) is 12.7. The van der Waals surface area contributed by atoms with Crippen LogP contribution in [0.5, 0.6) is 5.75 Å². The third kappa shape index (κ3) is 4.83. The molecule has 5 rings (SSSR count). The van der Waals surface area contributed by atoms with Crippen LogP contribution in [0.4, 0.5) is 23.1 Å². The van der Waals surface area contributed by atoms with Gasteiger partial charge in [0.25, 0.3) is 0 Å². The number of methoxy groups -OCH3 is 1. The van der Waals surface area contributed by atoms with Crippen molar-refractivity contribution in [3.05, 3.63) is 30.3 Å². The Morgan fingerprint density at radius 2 is 2.00 bits per heavy atom. The van der Waals surface area contributed by atoms with Gasteiger partial charge in [0.05, 0.1) is 25.5 Å². The molecule has 0 unspecified atom stereocenters. The summed E-state index contributed by atoms with van der Waals surface area (Å²) in [4.78, 5) is 32.9. The van der Waals surface area contributed by atoms with Gasteiger partial charge >= 0.3 is 0 Å². The lowest BCUT2D eigenvalue weighted by Crippen LogP contribution is -2.55. The first kappa shape index (κ1) is 24.9. The van der Waals surface area contributed by atoms with Crippen molar-refractivity contribution in [3.63, 3.8) is 0 Å². The molecule has 3 aromatic rings. The second kappa shape index (κ2) is 10.3. The molecule has 1 aliphatic carbocycles. The van der Waals surface area contributed by atoms with Gasteiger partial charge in [0.2, 0.25) is 23.6 Å². The molecule has 37 heavy (non-hydrogen) atoms. The van der Waals surface area contributed by atoms with Crippen LogP contribution >= 0.6 is 0 Å². The van der Waals surface area contributed by atoms with Crippen LogP contribution < -0.4 is 19.9 Å². The smallest absolute Gasteiger partial charge is 0.249 e. The van der Waals surface area contributed by atoms with Crippen LogP contribution in [0.25, 0.3) is 11.4 Å². The summed E-state index contributed by atoms with van der Waals surface area (Å²) >= 11 is 0. The summed E-state index contributed by atoms with van der Waals surface area (Å²) in [5, 5.41) is 7.41. The van der Waals surface area contributed by atoms with Crippen LogP contribution in [0.1, 0.15) is 44.9 Å². The van der Waals surface area contributed by atoms with E-state index >= 15 is 0 Å². The molecule has 0 radical (unpaired) electrons. The van der Waals surface area contributed by atoms with Crippen molar-refractivity contribution in [1.82, 2.24) is 25.0 Å². The predicted molar refractivity (Wildman–Crippen MR) is 141 cm³/mol. The van der Waals surface area contributed by atoms with Gasteiger partial charge in [-0.1, -0.05) is 24.9 Å². The molecule has 1 aliphatic heterocycles. The fourth-order valence-electron chi connectivity index (χ4n) is 5.20. The summed E-state index contributed by atoms with van der Waals surface area (Å²) in [6, 6.07) is 5.74. The normalized spacial score (nSPS) is 18.0. The Hall–Kier alpha value is -3.73. The van der Waals surface area contributed by atoms with E-state index in [4.69, 9.17) is 14.2 Å². The minimum atomic E-state index is -0.218. The van der Waals surface area contributed by atoms with E-state index in [9.17, 15) is 4.79 Å². The molecule has 11 nitrogen and oxygen atoms in total. The van der Waals surface area contributed by atoms with Crippen LogP contribution in [0, 0.1) is 0 Å². The van der Waals surface area contributed by atoms with Crippen LogP contribution in [0.3, 0.4) is 0 Å². The van der Waals surface area contributed by atoms with Crippen LogP contribution in [0.15, 0.2) is 28.9 Å². The van der Waals surface area contributed by atoms with E-state index in [-0.39, 0.29) is 11.9 Å². The number of ether oxygens (including phenoxy) is 1. The molecule has 0 spiro atoms. The van der Waals surface area contributed by atoms with Gasteiger partial charge in [-0.25, -0.2) is 4.98 Å². The lowest BCUT2D eigenvalue weighted by atomic mass is 10.0. The van der Waals surface area contributed by atoms with Crippen LogP contribution in [0.2, 0.25) is 0 Å². The van der Waals surface area contributed by atoms with Gasteiger partial charge in [-0.2, -0.15) is 9.97 Å². The number of benzene rings is 1. The van der Waals surface area contributed by atoms with Crippen molar-refractivity contribution in [3.8, 4) is 17.1 Å². The lowest BCUT2D eigenvalue weighted by molar-refractivity contribution is -0.120. The summed E-state index contributed by atoms with van der Waals surface area (Å²) in [7, 11) is 7.30. The highest BCUT2D eigenvalue weighted by atomic mass is 16.5. The second-order valence-electron chi connectivity index (χ2n) is 9.86. The average Bonchev–Trinajstić information content (AvgIpc) is 3.58. The van der Waals surface area contributed by atoms with Crippen molar-refractivity contribution < 1.29 is 14.1 Å². The van der Waals surface area contributed by atoms with Gasteiger partial charge in [0, 0.05) is 18.7 Å². The number of rotatable bonds is 8. The van der Waals surface area contributed by atoms with E-state index < -0.39 is 0 Å². The van der Waals surface area contributed by atoms with Gasteiger partial charge < -0.3 is 29.3 Å². The number of hydrogen-bond acceptors (Lipinski definition) is 10. The van der Waals surface area contributed by atoms with Crippen LogP contribution in [-0.2, 0) is 11.3 Å². The molecule has 1 N–H and O–H groups in total. The minimum absolute atomic E-state index is 0.0960. The highest BCUT2D eigenvalue weighted by Crippen LogP contribution is 2.40. The highest BCUT2D eigenvalue weighted by molar-refractivity contribution is 6.04. The zero-order valence-electron chi connectivity index (χ0n) is 22.1. The highest BCUT2D eigenvalue weighted by Gasteiger charge is 2.41. The minimum Gasteiger partial charge on any atom is -0.495 e. The maximum atomic E-state index is 13.1. The lowest BCUT2D eigenvalue weighted by Gasteiger charge is -2.43. The number of likely N-dealkylation sites (N-methyl/N-ethyl adjacent to an activating group) is 1. The molecule has 196 valence electrons. The third-order valence-corrected chi connectivity index (χ3v) is 7.04. The van der Waals surface area contributed by atoms with Gasteiger partial charge in [-0.05, 0) is 51.6 Å². The number of carbonyl (C=O) groups is 1. The molecule has 1 aromatic carbocycles. The van der Waals surface area contributed by atoms with E-state index in [2.05, 4.69) is 32.3 Å². The fraction of sp³-hybridized carbons (Fsp3) is 0.500. The number of fused-ring (bicyclic) bond motifs is 1. The number of nitrogens with one attached hydrogen (secondary N) is 1. The largest absolute Gasteiger partial charge is 0.495 e. The van der Waals surface area contributed by atoms with Crippen molar-refractivity contribution >= 4 is 29.0 Å². The van der Waals surface area contributed by atoms with Gasteiger partial charge in [-0.15, -0.1) is 0 Å². The molecule has 2 aromatic heterocycles. The number of anilines is 4. The zero-order chi connectivity index (χ0) is 26.1. The molecular formula is C26H34N8O3. The third-order valence-electron chi connectivity index (χ3n) is 7.04. The van der Waals surface area contributed by atoms with Crippen molar-refractivity contribution in [2.24, 2.45) is 0 Å². The average molecular weight is 507 g/mol. The Bertz CT molecular complexity index is 1270. The first-order valence-corrected chi connectivity index (χ1v) is 12.7. The number of carbonyl (C=O) groups excluding carboxylic acids is 1. The topological polar surface area (TPSA) is 113 Å². The molecule has 2 aliphatic rings. The Labute approximate surface area is 216 Å². The van der Waals surface area contributed by atoms with E-state index in [1.54, 1.807) is 25.3 Å². The van der Waals surface area contributed by atoms with Crippen LogP contribution in [-0.4, -0.2) is 71.3 Å². The van der Waals surface area contributed by atoms with Gasteiger partial charge in [0.15, 0.2) is 5.82 Å². The molecule has 1 fully saturated rings. The molecule has 3 heterocycles. The van der Waals surface area contributed by atoms with Crippen molar-refractivity contribution in [2.75, 3.05) is 43.4 Å². The molecule has 11 heteroatoms. The first-order chi connectivity index (χ1) is 17.9. The molecular weight excluding hydrogens is 472 g/mol. The second-order valence-corrected chi connectivity index (χ2v) is 9.86. The summed E-state index contributed by atoms with van der Waals surface area (Å²) < 4.78 is 11.0. The van der Waals surface area contributed by atoms with E-state index in [0.29, 0.717) is 41.7 Å². The molecule has 0 saturated heterocycles. The summed E-state index contributed by atoms with van der Waals surface area (Å²) in [5.74, 6) is 2.98. The zero-order valence-corrected chi connectivity index (χ0v) is 22.1. The Morgan fingerprint density at radius 1 is 1.22 bits per heavy atom. The Kier molecular flexibility index (Phi) is 6.96. The number of amides is 1. The molecule has 0 bridgehead atoms. The summed E-state index contributed by atoms with van der Waals surface area (Å²) in [6.45, 7) is 2.63. The maximum Gasteiger partial charge on any atom is 0.249 e. The summed E-state index contributed by atoms with van der Waals surface area (Å²) in [5.41, 5.74) is 2.23. The maximum absolute atomic E-state index is 13.1. The van der Waals surface area contributed by atoms with Crippen molar-refractivity contribution in [2.45, 2.75) is 57.7 Å². The Morgan fingerprint density at radius 3 is 2.70 bits per heavy atom. The molecule has 1 amide bonds. The quantitative estimate of drug-likeness (QED) is 0.483. The van der Waals surface area contributed by atoms with E-state index in [0.717, 1.165) is 36.3 Å². The van der Waals surface area contributed by atoms with E-state index in [1.807, 2.05) is 37.2 Å². The fourth-order valence-corrected chi connectivity index (χ4v) is 5.20. The van der Waals surface area contributed by atoms with E-state index in [1.165, 1.54) is 12.8 Å². The molecule has 1 saturated carbocycles. The number of aromatic nitrogens is 4. The summed E-state index contributed by atoms with van der Waals surface area (Å²) in [6.07, 6.45) is 6.94. The van der Waals surface area contributed by atoms with Gasteiger partial charge in [0.1, 0.15) is 17.5 Å². The molecule has 1 atom stereocenters. The SMILES string of the molecule is CC[C@@H]1C(=O)N(C)c2cnc(Nc3ccc(-c4noc(CN(C)C)n4)cc3OC)nc2N1C1CCCC1. The standard InChI is InChI=1S/C26H34N8O3/c1-6-19-25(35)33(4)20-14-27-26(30-24(20)34(19)17-9-7-8-10-17)28-18-12-11-16(13-21(18)36-5)23-29-22(37-31-23)15-32(2)3/h11-14,17,19H,6-10,15H2,1-5H3,(H,27,28,30)/t19-/m1/s1. The predicted octanol–water partition coefficient (Wildman–Crippen LogP) is 3.84. The Balaban J connectivity index is 1.44.